The normalized spacial score (nSPS) is 11.6. The van der Waals surface area contributed by atoms with E-state index in [9.17, 15) is 4.79 Å². The summed E-state index contributed by atoms with van der Waals surface area (Å²) in [5, 5.41) is 2.82. The Morgan fingerprint density at radius 1 is 1.42 bits per heavy atom. The van der Waals surface area contributed by atoms with Crippen LogP contribution in [0.2, 0.25) is 0 Å². The largest absolute Gasteiger partial charge is 0.354 e. The van der Waals surface area contributed by atoms with Crippen LogP contribution < -0.4 is 11.1 Å². The Morgan fingerprint density at radius 2 is 2.16 bits per heavy atom. The zero-order valence-electron chi connectivity index (χ0n) is 11.0. The molecule has 0 spiro atoms. The molecule has 1 atom stereocenters. The summed E-state index contributed by atoms with van der Waals surface area (Å²) in [7, 11) is 0. The van der Waals surface area contributed by atoms with Crippen molar-refractivity contribution in [3.8, 4) is 12.3 Å². The Kier molecular flexibility index (Phi) is 7.80. The molecule has 0 aliphatic rings. The van der Waals surface area contributed by atoms with Crippen molar-refractivity contribution in [2.75, 3.05) is 18.1 Å². The minimum atomic E-state index is -0.446. The van der Waals surface area contributed by atoms with Crippen LogP contribution in [0.5, 0.6) is 0 Å². The lowest BCUT2D eigenvalue weighted by atomic mass is 10.1. The minimum absolute atomic E-state index is 0.0859. The van der Waals surface area contributed by atoms with E-state index >= 15 is 0 Å². The molecule has 0 aliphatic carbocycles. The summed E-state index contributed by atoms with van der Waals surface area (Å²) in [6.07, 6.45) is 6.62. The zero-order chi connectivity index (χ0) is 13.9. The van der Waals surface area contributed by atoms with Crippen LogP contribution in [0.25, 0.3) is 0 Å². The molecule has 3 nitrogen and oxygen atoms in total. The number of terminal acetylenes is 1. The van der Waals surface area contributed by atoms with E-state index in [1.807, 2.05) is 30.3 Å². The van der Waals surface area contributed by atoms with Crippen LogP contribution in [0, 0.1) is 12.3 Å². The number of carbonyl (C=O) groups excluding carboxylic acids is 1. The zero-order valence-corrected chi connectivity index (χ0v) is 11.8. The first kappa shape index (κ1) is 15.6. The summed E-state index contributed by atoms with van der Waals surface area (Å²) in [5.74, 6) is 3.95. The summed E-state index contributed by atoms with van der Waals surface area (Å²) >= 11 is 1.63. The first-order chi connectivity index (χ1) is 9.24. The van der Waals surface area contributed by atoms with E-state index in [-0.39, 0.29) is 5.91 Å². The number of nitrogens with one attached hydrogen (secondary N) is 1. The number of thioether (sulfide) groups is 1. The molecule has 102 valence electrons. The quantitative estimate of drug-likeness (QED) is 0.558. The Labute approximate surface area is 119 Å². The molecule has 1 unspecified atom stereocenters. The smallest absolute Gasteiger partial charge is 0.236 e. The van der Waals surface area contributed by atoms with Gasteiger partial charge in [0.25, 0.3) is 0 Å². The van der Waals surface area contributed by atoms with Gasteiger partial charge in [0, 0.05) is 12.3 Å². The maximum absolute atomic E-state index is 11.7. The first-order valence-electron chi connectivity index (χ1n) is 6.32. The third-order valence-corrected chi connectivity index (χ3v) is 3.52. The van der Waals surface area contributed by atoms with Gasteiger partial charge in [0.1, 0.15) is 0 Å². The van der Waals surface area contributed by atoms with Gasteiger partial charge in [-0.3, -0.25) is 4.79 Å². The molecule has 3 N–H and O–H groups in total. The predicted molar refractivity (Wildman–Crippen MR) is 81.9 cm³/mol. The summed E-state index contributed by atoms with van der Waals surface area (Å²) in [6, 6.07) is 9.59. The van der Waals surface area contributed by atoms with Crippen molar-refractivity contribution in [3.05, 3.63) is 35.9 Å². The molecule has 0 aliphatic heterocycles. The number of rotatable bonds is 8. The van der Waals surface area contributed by atoms with Crippen LogP contribution >= 0.6 is 11.8 Å². The monoisotopic (exact) mass is 276 g/mol. The van der Waals surface area contributed by atoms with Gasteiger partial charge in [-0.25, -0.2) is 0 Å². The fourth-order valence-corrected chi connectivity index (χ4v) is 2.12. The summed E-state index contributed by atoms with van der Waals surface area (Å²) in [4.78, 5) is 11.7. The Balaban J connectivity index is 2.16. The molecule has 1 aromatic rings. The fraction of sp³-hybridized carbons (Fsp3) is 0.400. The maximum Gasteiger partial charge on any atom is 0.236 e. The van der Waals surface area contributed by atoms with Crippen molar-refractivity contribution in [3.63, 3.8) is 0 Å². The Morgan fingerprint density at radius 3 is 2.84 bits per heavy atom. The van der Waals surface area contributed by atoms with Crippen LogP contribution in [-0.4, -0.2) is 30.0 Å². The van der Waals surface area contributed by atoms with Crippen LogP contribution in [0.15, 0.2) is 30.3 Å². The Bertz CT molecular complexity index is 414. The number of carbonyl (C=O) groups is 1. The molecule has 0 bridgehead atoms. The number of hydrogen-bond donors (Lipinski definition) is 2. The average molecular weight is 276 g/mol. The molecule has 1 rings (SSSR count). The predicted octanol–water partition coefficient (Wildman–Crippen LogP) is 1.43. The van der Waals surface area contributed by atoms with E-state index in [0.29, 0.717) is 18.7 Å². The number of amides is 1. The molecule has 1 amide bonds. The van der Waals surface area contributed by atoms with Crippen molar-refractivity contribution < 1.29 is 4.79 Å². The van der Waals surface area contributed by atoms with Gasteiger partial charge in [-0.2, -0.15) is 0 Å². The van der Waals surface area contributed by atoms with E-state index in [2.05, 4.69) is 11.2 Å². The molecule has 19 heavy (non-hydrogen) atoms. The second-order valence-electron chi connectivity index (χ2n) is 4.18. The van der Waals surface area contributed by atoms with Gasteiger partial charge in [-0.15, -0.1) is 18.2 Å². The highest BCUT2D eigenvalue weighted by Crippen LogP contribution is 2.04. The van der Waals surface area contributed by atoms with Gasteiger partial charge in [-0.1, -0.05) is 36.3 Å². The lowest BCUT2D eigenvalue weighted by Crippen LogP contribution is -2.41. The van der Waals surface area contributed by atoms with Gasteiger partial charge >= 0.3 is 0 Å². The number of aryl methyl sites for hydroxylation is 1. The van der Waals surface area contributed by atoms with Crippen LogP contribution in [0.1, 0.15) is 12.0 Å². The molecule has 0 saturated carbocycles. The van der Waals surface area contributed by atoms with Crippen molar-refractivity contribution in [1.29, 1.82) is 0 Å². The molecule has 0 saturated heterocycles. The molecular weight excluding hydrogens is 256 g/mol. The van der Waals surface area contributed by atoms with Gasteiger partial charge in [0.15, 0.2) is 0 Å². The average Bonchev–Trinajstić information content (AvgIpc) is 2.45. The summed E-state index contributed by atoms with van der Waals surface area (Å²) < 4.78 is 0. The second kappa shape index (κ2) is 9.48. The van der Waals surface area contributed by atoms with E-state index < -0.39 is 6.04 Å². The van der Waals surface area contributed by atoms with E-state index in [4.69, 9.17) is 12.2 Å². The number of nitrogens with two attached hydrogens (primary N) is 1. The SMILES string of the molecule is C#CCSCCNC(=O)C(N)CCc1ccccc1. The van der Waals surface area contributed by atoms with Gasteiger partial charge in [-0.05, 0) is 18.4 Å². The standard InChI is InChI=1S/C15H20N2OS/c1-2-11-19-12-10-17-15(18)14(16)9-8-13-6-4-3-5-7-13/h1,3-7,14H,8-12,16H2,(H,17,18). The van der Waals surface area contributed by atoms with Crippen molar-refractivity contribution in [2.24, 2.45) is 5.73 Å². The Hall–Kier alpha value is -1.44. The molecule has 0 radical (unpaired) electrons. The third kappa shape index (κ3) is 6.90. The highest BCUT2D eigenvalue weighted by atomic mass is 32.2. The van der Waals surface area contributed by atoms with Crippen LogP contribution in [0.4, 0.5) is 0 Å². The highest BCUT2D eigenvalue weighted by Gasteiger charge is 2.12. The van der Waals surface area contributed by atoms with Crippen LogP contribution in [-0.2, 0) is 11.2 Å². The molecule has 0 fully saturated rings. The van der Waals surface area contributed by atoms with E-state index in [0.717, 1.165) is 12.2 Å². The summed E-state index contributed by atoms with van der Waals surface area (Å²) in [6.45, 7) is 0.615. The molecule has 4 heteroatoms. The maximum atomic E-state index is 11.7. The minimum Gasteiger partial charge on any atom is -0.354 e. The molecular formula is C15H20N2OS. The fourth-order valence-electron chi connectivity index (χ4n) is 1.61. The first-order valence-corrected chi connectivity index (χ1v) is 7.48. The van der Waals surface area contributed by atoms with Crippen molar-refractivity contribution >= 4 is 17.7 Å². The topological polar surface area (TPSA) is 55.1 Å². The van der Waals surface area contributed by atoms with Crippen molar-refractivity contribution in [1.82, 2.24) is 5.32 Å². The lowest BCUT2D eigenvalue weighted by molar-refractivity contribution is -0.122. The van der Waals surface area contributed by atoms with E-state index in [1.165, 1.54) is 5.56 Å². The number of hydrogen-bond acceptors (Lipinski definition) is 3. The molecule has 0 heterocycles. The second-order valence-corrected chi connectivity index (χ2v) is 5.28. The summed E-state index contributed by atoms with van der Waals surface area (Å²) in [5.41, 5.74) is 7.06. The van der Waals surface area contributed by atoms with Gasteiger partial charge in [0.05, 0.1) is 11.8 Å². The van der Waals surface area contributed by atoms with Gasteiger partial charge in [0.2, 0.25) is 5.91 Å². The third-order valence-electron chi connectivity index (χ3n) is 2.65. The van der Waals surface area contributed by atoms with Crippen molar-refractivity contribution in [2.45, 2.75) is 18.9 Å². The highest BCUT2D eigenvalue weighted by molar-refractivity contribution is 7.99. The van der Waals surface area contributed by atoms with E-state index in [1.54, 1.807) is 11.8 Å². The number of benzene rings is 1. The van der Waals surface area contributed by atoms with Crippen LogP contribution in [0.3, 0.4) is 0 Å². The molecule has 1 aromatic carbocycles. The van der Waals surface area contributed by atoms with Gasteiger partial charge < -0.3 is 11.1 Å². The lowest BCUT2D eigenvalue weighted by Gasteiger charge is -2.12. The molecule has 0 aromatic heterocycles.